The summed E-state index contributed by atoms with van der Waals surface area (Å²) in [5, 5.41) is 0. The van der Waals surface area contributed by atoms with E-state index in [1.165, 1.54) is 25.7 Å². The Hall–Kier alpha value is -1.56. The molecule has 0 saturated heterocycles. The zero-order chi connectivity index (χ0) is 14.4. The lowest BCUT2D eigenvalue weighted by Gasteiger charge is -2.78. The predicted octanol–water partition coefficient (Wildman–Crippen LogP) is 4.94. The maximum atomic E-state index is 2.43. The zero-order valence-electron chi connectivity index (χ0n) is 12.9. The smallest absolute Gasteiger partial charge is 0.0118 e. The fourth-order valence-corrected chi connectivity index (χ4v) is 8.05. The summed E-state index contributed by atoms with van der Waals surface area (Å²) < 4.78 is 0. The number of benzene rings is 2. The fraction of sp³-hybridized carbons (Fsp3) is 0.455. The second-order valence-corrected chi connectivity index (χ2v) is 8.05. The second-order valence-electron chi connectivity index (χ2n) is 8.05. The van der Waals surface area contributed by atoms with Crippen molar-refractivity contribution >= 4 is 0 Å². The largest absolute Gasteiger partial charge is 0.0622 e. The predicted molar refractivity (Wildman–Crippen MR) is 88.7 cm³/mol. The van der Waals surface area contributed by atoms with E-state index in [-0.39, 0.29) is 0 Å². The Kier molecular flexibility index (Phi) is 1.99. The van der Waals surface area contributed by atoms with Crippen molar-refractivity contribution < 1.29 is 0 Å². The molecule has 6 rings (SSSR count). The SMILES string of the molecule is c1ccc(C23C4CC[C@H]2C2CC[C@@H]4C23c2ccccc2)cc1. The molecule has 0 aromatic heterocycles. The molecule has 4 unspecified atom stereocenters. The molecule has 0 aliphatic heterocycles. The first-order chi connectivity index (χ1) is 10.9. The molecule has 22 heavy (non-hydrogen) atoms. The van der Waals surface area contributed by atoms with Crippen LogP contribution >= 0.6 is 0 Å². The molecule has 2 aromatic carbocycles. The van der Waals surface area contributed by atoms with Crippen molar-refractivity contribution in [2.75, 3.05) is 0 Å². The van der Waals surface area contributed by atoms with Crippen LogP contribution in [0.25, 0.3) is 0 Å². The molecule has 0 amide bonds. The van der Waals surface area contributed by atoms with E-state index in [9.17, 15) is 0 Å². The van der Waals surface area contributed by atoms with Crippen molar-refractivity contribution in [2.24, 2.45) is 23.7 Å². The minimum atomic E-state index is 0.488. The number of hydrogen-bond donors (Lipinski definition) is 0. The standard InChI is InChI=1S/C22H22/c1-3-7-15(8-4-1)21-17-11-12-18(21)20-14-13-19(17)22(20,21)16-9-5-2-6-10-16/h1-10,17-20H,11-14H2/t17-,18?,19?,20-,21?,22?/m0/s1. The van der Waals surface area contributed by atoms with E-state index in [1.807, 2.05) is 0 Å². The monoisotopic (exact) mass is 286 g/mol. The molecule has 4 aliphatic carbocycles. The average molecular weight is 286 g/mol. The molecular formula is C22H22. The molecule has 0 radical (unpaired) electrons. The van der Waals surface area contributed by atoms with Gasteiger partial charge in [0.1, 0.15) is 0 Å². The Morgan fingerprint density at radius 3 is 1.14 bits per heavy atom. The Balaban J connectivity index is 1.63. The van der Waals surface area contributed by atoms with Gasteiger partial charge in [0.15, 0.2) is 0 Å². The minimum Gasteiger partial charge on any atom is -0.0622 e. The summed E-state index contributed by atoms with van der Waals surface area (Å²) in [6.07, 6.45) is 5.93. The number of fused-ring (bicyclic) bond motifs is 2. The summed E-state index contributed by atoms with van der Waals surface area (Å²) in [5.41, 5.74) is 4.28. The normalized spacial score (nSPS) is 46.7. The minimum absolute atomic E-state index is 0.488. The third-order valence-electron chi connectivity index (χ3n) is 8.08. The van der Waals surface area contributed by atoms with E-state index < -0.39 is 0 Å². The van der Waals surface area contributed by atoms with Crippen molar-refractivity contribution in [2.45, 2.75) is 36.5 Å². The molecule has 0 heteroatoms. The van der Waals surface area contributed by atoms with Gasteiger partial charge in [-0.25, -0.2) is 0 Å². The molecule has 2 aromatic rings. The summed E-state index contributed by atoms with van der Waals surface area (Å²) in [4.78, 5) is 0. The number of hydrogen-bond acceptors (Lipinski definition) is 0. The van der Waals surface area contributed by atoms with E-state index in [2.05, 4.69) is 60.7 Å². The van der Waals surface area contributed by atoms with Crippen LogP contribution in [0.2, 0.25) is 0 Å². The van der Waals surface area contributed by atoms with E-state index in [0.717, 1.165) is 23.7 Å². The van der Waals surface area contributed by atoms with Gasteiger partial charge in [-0.15, -0.1) is 0 Å². The highest BCUT2D eigenvalue weighted by atomic mass is 14.9. The third-order valence-corrected chi connectivity index (χ3v) is 8.08. The van der Waals surface area contributed by atoms with E-state index in [4.69, 9.17) is 0 Å². The quantitative estimate of drug-likeness (QED) is 0.733. The Bertz CT molecular complexity index is 644. The fourth-order valence-electron chi connectivity index (χ4n) is 8.05. The highest BCUT2D eigenvalue weighted by molar-refractivity contribution is 5.57. The maximum Gasteiger partial charge on any atom is 0.0118 e. The molecule has 0 N–H and O–H groups in total. The molecule has 4 fully saturated rings. The summed E-state index contributed by atoms with van der Waals surface area (Å²) >= 11 is 0. The van der Waals surface area contributed by atoms with Crippen LogP contribution in [0.1, 0.15) is 36.8 Å². The van der Waals surface area contributed by atoms with E-state index in [1.54, 1.807) is 11.1 Å². The van der Waals surface area contributed by atoms with Crippen molar-refractivity contribution in [1.82, 2.24) is 0 Å². The van der Waals surface area contributed by atoms with Crippen molar-refractivity contribution in [1.29, 1.82) is 0 Å². The Labute approximate surface area is 132 Å². The highest BCUT2D eigenvalue weighted by Crippen LogP contribution is 2.89. The lowest BCUT2D eigenvalue weighted by atomic mass is 9.24. The first-order valence-electron chi connectivity index (χ1n) is 9.03. The van der Waals surface area contributed by atoms with Crippen molar-refractivity contribution in [3.63, 3.8) is 0 Å². The first-order valence-corrected chi connectivity index (χ1v) is 9.03. The van der Waals surface area contributed by atoms with Gasteiger partial charge in [-0.2, -0.15) is 0 Å². The van der Waals surface area contributed by atoms with Gasteiger partial charge in [-0.3, -0.25) is 0 Å². The van der Waals surface area contributed by atoms with Gasteiger partial charge in [-0.1, -0.05) is 60.7 Å². The third kappa shape index (κ3) is 0.935. The molecule has 0 heterocycles. The lowest BCUT2D eigenvalue weighted by molar-refractivity contribution is -0.195. The van der Waals surface area contributed by atoms with Gasteiger partial charge in [0.25, 0.3) is 0 Å². The molecule has 6 atom stereocenters. The van der Waals surface area contributed by atoms with E-state index in [0.29, 0.717) is 10.8 Å². The van der Waals surface area contributed by atoms with Gasteiger partial charge in [0, 0.05) is 10.8 Å². The molecule has 0 spiro atoms. The summed E-state index contributed by atoms with van der Waals surface area (Å²) in [6, 6.07) is 23.1. The molecule has 110 valence electrons. The Morgan fingerprint density at radius 2 is 0.818 bits per heavy atom. The van der Waals surface area contributed by atoms with Crippen LogP contribution < -0.4 is 0 Å². The van der Waals surface area contributed by atoms with Crippen molar-refractivity contribution in [3.8, 4) is 0 Å². The zero-order valence-corrected chi connectivity index (χ0v) is 12.9. The van der Waals surface area contributed by atoms with Crippen LogP contribution in [0.3, 0.4) is 0 Å². The topological polar surface area (TPSA) is 0 Å². The first kappa shape index (κ1) is 11.9. The van der Waals surface area contributed by atoms with Gasteiger partial charge in [0.2, 0.25) is 0 Å². The highest BCUT2D eigenvalue weighted by Gasteiger charge is 2.88. The number of rotatable bonds is 2. The van der Waals surface area contributed by atoms with Gasteiger partial charge in [0.05, 0.1) is 0 Å². The lowest BCUT2D eigenvalue weighted by Crippen LogP contribution is -2.80. The maximum absolute atomic E-state index is 2.43. The van der Waals surface area contributed by atoms with Crippen LogP contribution in [0.4, 0.5) is 0 Å². The molecule has 4 saturated carbocycles. The average Bonchev–Trinajstić information content (AvgIpc) is 2.87. The van der Waals surface area contributed by atoms with Gasteiger partial charge < -0.3 is 0 Å². The van der Waals surface area contributed by atoms with Crippen LogP contribution in [-0.4, -0.2) is 0 Å². The summed E-state index contributed by atoms with van der Waals surface area (Å²) in [7, 11) is 0. The summed E-state index contributed by atoms with van der Waals surface area (Å²) in [5.74, 6) is 3.83. The van der Waals surface area contributed by atoms with Crippen LogP contribution in [0.5, 0.6) is 0 Å². The molecule has 0 bridgehead atoms. The van der Waals surface area contributed by atoms with E-state index >= 15 is 0 Å². The van der Waals surface area contributed by atoms with Crippen LogP contribution in [-0.2, 0) is 10.8 Å². The van der Waals surface area contributed by atoms with Gasteiger partial charge >= 0.3 is 0 Å². The van der Waals surface area contributed by atoms with Gasteiger partial charge in [-0.05, 0) is 60.5 Å². The van der Waals surface area contributed by atoms with Crippen LogP contribution in [0.15, 0.2) is 60.7 Å². The second kappa shape index (κ2) is 3.67. The van der Waals surface area contributed by atoms with Crippen LogP contribution in [0, 0.1) is 23.7 Å². The Morgan fingerprint density at radius 1 is 0.500 bits per heavy atom. The molecule has 0 nitrogen and oxygen atoms in total. The molecular weight excluding hydrogens is 264 g/mol. The molecule has 4 aliphatic rings. The summed E-state index contributed by atoms with van der Waals surface area (Å²) in [6.45, 7) is 0. The van der Waals surface area contributed by atoms with Crippen molar-refractivity contribution in [3.05, 3.63) is 71.8 Å².